The van der Waals surface area contributed by atoms with Gasteiger partial charge in [-0.05, 0) is 43.3 Å². The van der Waals surface area contributed by atoms with E-state index in [1.165, 1.54) is 5.56 Å². The fourth-order valence-electron chi connectivity index (χ4n) is 2.31. The lowest BCUT2D eigenvalue weighted by atomic mass is 10.2. The highest BCUT2D eigenvalue weighted by Crippen LogP contribution is 2.23. The van der Waals surface area contributed by atoms with Crippen molar-refractivity contribution < 1.29 is 14.3 Å². The Bertz CT molecular complexity index is 647. The molecule has 23 heavy (non-hydrogen) atoms. The van der Waals surface area contributed by atoms with Gasteiger partial charge >= 0.3 is 0 Å². The van der Waals surface area contributed by atoms with Crippen LogP contribution >= 0.6 is 0 Å². The zero-order chi connectivity index (χ0) is 16.1. The molecule has 0 spiro atoms. The number of nitrogens with one attached hydrogen (secondary N) is 2. The van der Waals surface area contributed by atoms with E-state index in [0.29, 0.717) is 19.8 Å². The van der Waals surface area contributed by atoms with Crippen LogP contribution in [-0.2, 0) is 9.53 Å². The first-order valence-electron chi connectivity index (χ1n) is 7.67. The molecule has 1 atom stereocenters. The third kappa shape index (κ3) is 4.31. The third-order valence-electron chi connectivity index (χ3n) is 3.62. The van der Waals surface area contributed by atoms with Crippen LogP contribution in [0.2, 0.25) is 0 Å². The van der Waals surface area contributed by atoms with Crippen molar-refractivity contribution in [2.75, 3.05) is 25.1 Å². The summed E-state index contributed by atoms with van der Waals surface area (Å²) in [6, 6.07) is 14.9. The molecule has 1 aliphatic rings. The Morgan fingerprint density at radius 1 is 1.13 bits per heavy atom. The quantitative estimate of drug-likeness (QED) is 0.911. The number of carbonyl (C=O) groups excluding carboxylic acids is 1. The van der Waals surface area contributed by atoms with Crippen molar-refractivity contribution in [3.8, 4) is 11.5 Å². The van der Waals surface area contributed by atoms with E-state index in [-0.39, 0.29) is 11.9 Å². The van der Waals surface area contributed by atoms with Crippen molar-refractivity contribution in [3.63, 3.8) is 0 Å². The van der Waals surface area contributed by atoms with E-state index in [9.17, 15) is 4.79 Å². The molecule has 0 aromatic heterocycles. The fourth-order valence-corrected chi connectivity index (χ4v) is 2.31. The van der Waals surface area contributed by atoms with Gasteiger partial charge < -0.3 is 20.1 Å². The lowest BCUT2D eigenvalue weighted by Gasteiger charge is -2.22. The summed E-state index contributed by atoms with van der Waals surface area (Å²) in [5, 5.41) is 6.00. The largest absolute Gasteiger partial charge is 0.457 e. The SMILES string of the molecule is Cc1ccc(Oc2ccc(NC(=O)C3COCCN3)cc2)cc1. The maximum absolute atomic E-state index is 12.1. The van der Waals surface area contributed by atoms with Gasteiger partial charge in [0.15, 0.2) is 0 Å². The van der Waals surface area contributed by atoms with E-state index >= 15 is 0 Å². The zero-order valence-electron chi connectivity index (χ0n) is 13.0. The first-order chi connectivity index (χ1) is 11.2. The zero-order valence-corrected chi connectivity index (χ0v) is 13.0. The van der Waals surface area contributed by atoms with Gasteiger partial charge in [-0.3, -0.25) is 4.79 Å². The van der Waals surface area contributed by atoms with Gasteiger partial charge in [0.25, 0.3) is 0 Å². The molecule has 1 saturated heterocycles. The topological polar surface area (TPSA) is 59.6 Å². The summed E-state index contributed by atoms with van der Waals surface area (Å²) in [4.78, 5) is 12.1. The number of carbonyl (C=O) groups is 1. The van der Waals surface area contributed by atoms with E-state index in [0.717, 1.165) is 17.2 Å². The summed E-state index contributed by atoms with van der Waals surface area (Å²) in [6.45, 7) is 3.78. The van der Waals surface area contributed by atoms with Gasteiger partial charge in [-0.25, -0.2) is 0 Å². The summed E-state index contributed by atoms with van der Waals surface area (Å²) in [5.74, 6) is 1.43. The Morgan fingerprint density at radius 2 is 1.78 bits per heavy atom. The van der Waals surface area contributed by atoms with Gasteiger partial charge in [0.05, 0.1) is 13.2 Å². The minimum atomic E-state index is -0.299. The van der Waals surface area contributed by atoms with Crippen molar-refractivity contribution >= 4 is 11.6 Å². The van der Waals surface area contributed by atoms with E-state index in [1.54, 1.807) is 0 Å². The molecule has 3 rings (SSSR count). The summed E-state index contributed by atoms with van der Waals surface area (Å²) in [7, 11) is 0. The molecule has 2 aromatic rings. The second kappa shape index (κ2) is 7.26. The van der Waals surface area contributed by atoms with Crippen molar-refractivity contribution in [2.24, 2.45) is 0 Å². The minimum Gasteiger partial charge on any atom is -0.457 e. The number of rotatable bonds is 4. The van der Waals surface area contributed by atoms with Crippen LogP contribution < -0.4 is 15.4 Å². The summed E-state index contributed by atoms with van der Waals surface area (Å²) in [5.41, 5.74) is 1.93. The maximum atomic E-state index is 12.1. The van der Waals surface area contributed by atoms with E-state index < -0.39 is 0 Å². The van der Waals surface area contributed by atoms with Crippen LogP contribution in [0.15, 0.2) is 48.5 Å². The molecule has 1 aliphatic heterocycles. The van der Waals surface area contributed by atoms with Crippen molar-refractivity contribution in [1.29, 1.82) is 0 Å². The third-order valence-corrected chi connectivity index (χ3v) is 3.62. The van der Waals surface area contributed by atoms with E-state index in [2.05, 4.69) is 10.6 Å². The van der Waals surface area contributed by atoms with Crippen molar-refractivity contribution in [2.45, 2.75) is 13.0 Å². The number of amides is 1. The highest BCUT2D eigenvalue weighted by molar-refractivity contribution is 5.95. The van der Waals surface area contributed by atoms with Gasteiger partial charge in [-0.1, -0.05) is 17.7 Å². The molecule has 0 bridgehead atoms. The average molecular weight is 312 g/mol. The van der Waals surface area contributed by atoms with E-state index in [1.807, 2.05) is 55.5 Å². The molecule has 0 radical (unpaired) electrons. The average Bonchev–Trinajstić information content (AvgIpc) is 2.59. The van der Waals surface area contributed by atoms with Crippen molar-refractivity contribution in [3.05, 3.63) is 54.1 Å². The molecule has 2 aromatic carbocycles. The number of ether oxygens (including phenoxy) is 2. The minimum absolute atomic E-state index is 0.0862. The Hall–Kier alpha value is -2.37. The Morgan fingerprint density at radius 3 is 2.39 bits per heavy atom. The number of anilines is 1. The summed E-state index contributed by atoms with van der Waals surface area (Å²) < 4.78 is 11.1. The highest BCUT2D eigenvalue weighted by atomic mass is 16.5. The molecular weight excluding hydrogens is 292 g/mol. The normalized spacial score (nSPS) is 17.5. The number of hydrogen-bond donors (Lipinski definition) is 2. The predicted molar refractivity (Wildman–Crippen MR) is 88.9 cm³/mol. The Labute approximate surface area is 135 Å². The Balaban J connectivity index is 1.58. The van der Waals surface area contributed by atoms with E-state index in [4.69, 9.17) is 9.47 Å². The molecule has 1 unspecified atom stereocenters. The number of morpholine rings is 1. The van der Waals surface area contributed by atoms with Crippen LogP contribution in [0.25, 0.3) is 0 Å². The second-order valence-corrected chi connectivity index (χ2v) is 5.51. The Kier molecular flexibility index (Phi) is 4.90. The number of benzene rings is 2. The van der Waals surface area contributed by atoms with Gasteiger partial charge in [0.1, 0.15) is 17.5 Å². The lowest BCUT2D eigenvalue weighted by molar-refractivity contribution is -0.120. The standard InChI is InChI=1S/C18H20N2O3/c1-13-2-6-15(7-3-13)23-16-8-4-14(5-9-16)20-18(21)17-12-22-11-10-19-17/h2-9,17,19H,10-12H2,1H3,(H,20,21). The molecule has 1 heterocycles. The molecular formula is C18H20N2O3. The monoisotopic (exact) mass is 312 g/mol. The van der Waals surface area contributed by atoms with Crippen LogP contribution in [0.1, 0.15) is 5.56 Å². The first-order valence-corrected chi connectivity index (χ1v) is 7.67. The van der Waals surface area contributed by atoms with Crippen LogP contribution in [0.5, 0.6) is 11.5 Å². The smallest absolute Gasteiger partial charge is 0.243 e. The van der Waals surface area contributed by atoms with Crippen LogP contribution in [0, 0.1) is 6.92 Å². The van der Waals surface area contributed by atoms with Crippen LogP contribution in [0.3, 0.4) is 0 Å². The molecule has 0 saturated carbocycles. The van der Waals surface area contributed by atoms with Crippen molar-refractivity contribution in [1.82, 2.24) is 5.32 Å². The fraction of sp³-hybridized carbons (Fsp3) is 0.278. The molecule has 0 aliphatic carbocycles. The molecule has 2 N–H and O–H groups in total. The predicted octanol–water partition coefficient (Wildman–Crippen LogP) is 2.71. The number of aryl methyl sites for hydroxylation is 1. The van der Waals surface area contributed by atoms with Gasteiger partial charge in [-0.2, -0.15) is 0 Å². The highest BCUT2D eigenvalue weighted by Gasteiger charge is 2.20. The van der Waals surface area contributed by atoms with Crippen LogP contribution in [-0.4, -0.2) is 31.7 Å². The maximum Gasteiger partial charge on any atom is 0.243 e. The summed E-state index contributed by atoms with van der Waals surface area (Å²) in [6.07, 6.45) is 0. The molecule has 1 fully saturated rings. The van der Waals surface area contributed by atoms with Gasteiger partial charge in [0, 0.05) is 12.2 Å². The second-order valence-electron chi connectivity index (χ2n) is 5.51. The van der Waals surface area contributed by atoms with Gasteiger partial charge in [0.2, 0.25) is 5.91 Å². The van der Waals surface area contributed by atoms with Gasteiger partial charge in [-0.15, -0.1) is 0 Å². The molecule has 5 nitrogen and oxygen atoms in total. The summed E-state index contributed by atoms with van der Waals surface area (Å²) >= 11 is 0. The number of hydrogen-bond acceptors (Lipinski definition) is 4. The first kappa shape index (κ1) is 15.5. The molecule has 1 amide bonds. The lowest BCUT2D eigenvalue weighted by Crippen LogP contribution is -2.48. The molecule has 120 valence electrons. The molecule has 5 heteroatoms. The van der Waals surface area contributed by atoms with Crippen LogP contribution in [0.4, 0.5) is 5.69 Å².